The Morgan fingerprint density at radius 1 is 1.27 bits per heavy atom. The lowest BCUT2D eigenvalue weighted by Crippen LogP contribution is -2.48. The number of hydrogen-bond acceptors (Lipinski definition) is 3. The molecule has 7 heteroatoms. The molecule has 11 heavy (non-hydrogen) atoms. The number of carbonyl (C=O) groups excluding carboxylic acids is 2. The van der Waals surface area contributed by atoms with Gasteiger partial charge in [0, 0.05) is 0 Å². The molecule has 1 amide bonds. The first-order chi connectivity index (χ1) is 4.76. The van der Waals surface area contributed by atoms with Gasteiger partial charge in [-0.15, -0.1) is 0 Å². The van der Waals surface area contributed by atoms with Crippen molar-refractivity contribution in [3.05, 3.63) is 0 Å². The van der Waals surface area contributed by atoms with Crippen LogP contribution in [0.3, 0.4) is 0 Å². The maximum Gasteiger partial charge on any atom is 0.250 e. The van der Waals surface area contributed by atoms with Crippen molar-refractivity contribution in [2.75, 3.05) is 0 Å². The number of primary amides is 1. The molecule has 4 nitrogen and oxygen atoms in total. The first kappa shape index (κ1) is 11.0. The van der Waals surface area contributed by atoms with Crippen LogP contribution in [-0.4, -0.2) is 21.5 Å². The van der Waals surface area contributed by atoms with Gasteiger partial charge in [-0.1, -0.05) is 34.8 Å². The lowest BCUT2D eigenvalue weighted by Gasteiger charge is -2.12. The largest absolute Gasteiger partial charge is 0.368 e. The summed E-state index contributed by atoms with van der Waals surface area (Å²) >= 11 is 15.3. The molecule has 0 saturated carbocycles. The van der Waals surface area contributed by atoms with Crippen LogP contribution in [0, 0.1) is 0 Å². The second-order valence-corrected chi connectivity index (χ2v) is 4.02. The van der Waals surface area contributed by atoms with Crippen LogP contribution in [0.15, 0.2) is 0 Å². The van der Waals surface area contributed by atoms with Crippen LogP contribution < -0.4 is 11.5 Å². The average Bonchev–Trinajstić information content (AvgIpc) is 1.82. The van der Waals surface area contributed by atoms with E-state index in [4.69, 9.17) is 40.5 Å². The number of hydrogen-bond donors (Lipinski definition) is 2. The molecule has 0 rings (SSSR count). The molecule has 0 aliphatic heterocycles. The molecule has 0 saturated heterocycles. The molecular weight excluding hydrogens is 214 g/mol. The van der Waals surface area contributed by atoms with E-state index in [1.54, 1.807) is 0 Å². The van der Waals surface area contributed by atoms with Gasteiger partial charge in [-0.05, 0) is 0 Å². The molecule has 64 valence electrons. The zero-order valence-corrected chi connectivity index (χ0v) is 7.45. The van der Waals surface area contributed by atoms with Gasteiger partial charge in [0.15, 0.2) is 0 Å². The minimum atomic E-state index is -2.19. The van der Waals surface area contributed by atoms with E-state index in [1.807, 2.05) is 0 Å². The first-order valence-electron chi connectivity index (χ1n) is 2.42. The fraction of sp³-hybridized carbons (Fsp3) is 0.500. The third-order valence-electron chi connectivity index (χ3n) is 0.868. The van der Waals surface area contributed by atoms with E-state index in [-0.39, 0.29) is 0 Å². The molecule has 1 atom stereocenters. The highest BCUT2D eigenvalue weighted by molar-refractivity contribution is 6.77. The van der Waals surface area contributed by atoms with Crippen LogP contribution in [0.2, 0.25) is 0 Å². The smallest absolute Gasteiger partial charge is 0.250 e. The molecule has 0 spiro atoms. The van der Waals surface area contributed by atoms with Gasteiger partial charge in [-0.2, -0.15) is 0 Å². The van der Waals surface area contributed by atoms with Crippen LogP contribution >= 0.6 is 34.8 Å². The monoisotopic (exact) mass is 218 g/mol. The number of Topliss-reactive ketones (excluding diaryl/α,β-unsaturated/α-hetero) is 1. The van der Waals surface area contributed by atoms with Gasteiger partial charge in [0.05, 0.1) is 0 Å². The summed E-state index contributed by atoms with van der Waals surface area (Å²) in [5, 5.41) is 0. The highest BCUT2D eigenvalue weighted by atomic mass is 35.6. The van der Waals surface area contributed by atoms with Crippen molar-refractivity contribution < 1.29 is 9.59 Å². The van der Waals surface area contributed by atoms with E-state index in [1.165, 1.54) is 0 Å². The molecule has 0 aliphatic carbocycles. The van der Waals surface area contributed by atoms with Gasteiger partial charge in [0.1, 0.15) is 6.04 Å². The molecule has 4 N–H and O–H groups in total. The number of nitrogens with two attached hydrogens (primary N) is 2. The summed E-state index contributed by atoms with van der Waals surface area (Å²) in [6, 6.07) is -1.57. The average molecular weight is 219 g/mol. The molecule has 0 aromatic carbocycles. The van der Waals surface area contributed by atoms with Gasteiger partial charge < -0.3 is 11.5 Å². The van der Waals surface area contributed by atoms with E-state index in [2.05, 4.69) is 5.73 Å². The summed E-state index contributed by atoms with van der Waals surface area (Å²) in [6.07, 6.45) is 0. The summed E-state index contributed by atoms with van der Waals surface area (Å²) < 4.78 is -2.19. The number of halogens is 3. The predicted molar refractivity (Wildman–Crippen MR) is 42.5 cm³/mol. The fourth-order valence-corrected chi connectivity index (χ4v) is 0.658. The predicted octanol–water partition coefficient (Wildman–Crippen LogP) is -0.262. The third-order valence-corrected chi connectivity index (χ3v) is 1.43. The van der Waals surface area contributed by atoms with Crippen LogP contribution in [0.1, 0.15) is 0 Å². The number of amides is 1. The lowest BCUT2D eigenvalue weighted by molar-refractivity contribution is -0.127. The highest BCUT2D eigenvalue weighted by Gasteiger charge is 2.37. The number of rotatable bonds is 2. The molecule has 0 radical (unpaired) electrons. The van der Waals surface area contributed by atoms with E-state index < -0.39 is 21.5 Å². The SMILES string of the molecule is NC(=O)C(N)C(=O)C(Cl)(Cl)Cl. The van der Waals surface area contributed by atoms with Crippen LogP contribution in [0.25, 0.3) is 0 Å². The quantitative estimate of drug-likeness (QED) is 0.495. The zero-order valence-electron chi connectivity index (χ0n) is 5.18. The Hall–Kier alpha value is -0.0300. The van der Waals surface area contributed by atoms with E-state index in [0.29, 0.717) is 0 Å². The van der Waals surface area contributed by atoms with E-state index in [0.717, 1.165) is 0 Å². The van der Waals surface area contributed by atoms with Crippen molar-refractivity contribution in [3.8, 4) is 0 Å². The number of ketones is 1. The van der Waals surface area contributed by atoms with Gasteiger partial charge in [-0.3, -0.25) is 9.59 Å². The zero-order chi connectivity index (χ0) is 9.23. The Morgan fingerprint density at radius 2 is 1.64 bits per heavy atom. The Bertz CT molecular complexity index is 188. The summed E-state index contributed by atoms with van der Waals surface area (Å²) in [4.78, 5) is 21.1. The summed E-state index contributed by atoms with van der Waals surface area (Å²) in [6.45, 7) is 0. The summed E-state index contributed by atoms with van der Waals surface area (Å²) in [5.74, 6) is -2.06. The minimum Gasteiger partial charge on any atom is -0.368 e. The molecule has 0 aliphatic rings. The van der Waals surface area contributed by atoms with Gasteiger partial charge in [0.2, 0.25) is 11.7 Å². The summed E-state index contributed by atoms with van der Waals surface area (Å²) in [5.41, 5.74) is 9.64. The molecule has 1 unspecified atom stereocenters. The van der Waals surface area contributed by atoms with Crippen LogP contribution in [-0.2, 0) is 9.59 Å². The Balaban J connectivity index is 4.39. The Morgan fingerprint density at radius 3 is 1.73 bits per heavy atom. The fourth-order valence-electron chi connectivity index (χ4n) is 0.306. The molecule has 0 heterocycles. The Kier molecular flexibility index (Phi) is 3.57. The van der Waals surface area contributed by atoms with E-state index >= 15 is 0 Å². The van der Waals surface area contributed by atoms with Crippen LogP contribution in [0.5, 0.6) is 0 Å². The molecule has 0 aromatic heterocycles. The first-order valence-corrected chi connectivity index (χ1v) is 3.56. The van der Waals surface area contributed by atoms with Crippen molar-refractivity contribution in [2.24, 2.45) is 11.5 Å². The van der Waals surface area contributed by atoms with Gasteiger partial charge in [0.25, 0.3) is 3.79 Å². The van der Waals surface area contributed by atoms with Crippen molar-refractivity contribution in [1.82, 2.24) is 0 Å². The van der Waals surface area contributed by atoms with E-state index in [9.17, 15) is 9.59 Å². The second-order valence-electron chi connectivity index (χ2n) is 1.74. The normalized spacial score (nSPS) is 14.2. The maximum atomic E-state index is 10.8. The Labute approximate surface area is 77.7 Å². The second kappa shape index (κ2) is 3.58. The minimum absolute atomic E-state index is 1.03. The molecule has 0 fully saturated rings. The van der Waals surface area contributed by atoms with Crippen molar-refractivity contribution >= 4 is 46.5 Å². The maximum absolute atomic E-state index is 10.8. The van der Waals surface area contributed by atoms with Crippen LogP contribution in [0.4, 0.5) is 0 Å². The lowest BCUT2D eigenvalue weighted by atomic mass is 10.2. The van der Waals surface area contributed by atoms with Crippen molar-refractivity contribution in [2.45, 2.75) is 9.83 Å². The van der Waals surface area contributed by atoms with Gasteiger partial charge in [-0.25, -0.2) is 0 Å². The number of alkyl halides is 3. The van der Waals surface area contributed by atoms with Crippen molar-refractivity contribution in [1.29, 1.82) is 0 Å². The molecular formula is C4H5Cl3N2O2. The summed E-state index contributed by atoms with van der Waals surface area (Å²) in [7, 11) is 0. The highest BCUT2D eigenvalue weighted by Crippen LogP contribution is 2.27. The molecule has 0 bridgehead atoms. The third kappa shape index (κ3) is 3.25. The topological polar surface area (TPSA) is 86.2 Å². The van der Waals surface area contributed by atoms with Gasteiger partial charge >= 0.3 is 0 Å². The standard InChI is InChI=1S/C4H5Cl3N2O2/c5-4(6,7)2(10)1(8)3(9)11/h1H,8H2,(H2,9,11). The number of carbonyl (C=O) groups is 2. The molecule has 0 aromatic rings. The van der Waals surface area contributed by atoms with Crippen molar-refractivity contribution in [3.63, 3.8) is 0 Å².